The molecule has 0 saturated heterocycles. The molecule has 2 aromatic rings. The molecule has 18 heavy (non-hydrogen) atoms. The van der Waals surface area contributed by atoms with Crippen molar-refractivity contribution in [1.29, 1.82) is 0 Å². The van der Waals surface area contributed by atoms with Crippen LogP contribution < -0.4 is 5.46 Å². The van der Waals surface area contributed by atoms with Gasteiger partial charge in [0.25, 0.3) is 0 Å². The lowest BCUT2D eigenvalue weighted by Crippen LogP contribution is -2.24. The first-order chi connectivity index (χ1) is 7.47. The standard InChI is InChI=1S/C11H13BN4.2H2O/c1-11(2,3)16-14-10(13-15-16)8-4-6-9(12)7-5-8;;/h4-7H,1-3H3;2*1H2. The molecule has 7 heteroatoms. The van der Waals surface area contributed by atoms with Crippen LogP contribution in [-0.4, -0.2) is 39.0 Å². The zero-order chi connectivity index (χ0) is 11.8. The Balaban J connectivity index is 0.00000144. The summed E-state index contributed by atoms with van der Waals surface area (Å²) in [7, 11) is 5.62. The number of tetrazole rings is 1. The molecule has 4 N–H and O–H groups in total. The highest BCUT2D eigenvalue weighted by molar-refractivity contribution is 6.32. The molecular formula is C11H17BN4O2. The van der Waals surface area contributed by atoms with E-state index in [4.69, 9.17) is 7.85 Å². The number of rotatable bonds is 1. The van der Waals surface area contributed by atoms with E-state index in [0.717, 1.165) is 11.0 Å². The predicted molar refractivity (Wildman–Crippen MR) is 70.9 cm³/mol. The van der Waals surface area contributed by atoms with Crippen molar-refractivity contribution in [2.45, 2.75) is 26.3 Å². The lowest BCUT2D eigenvalue weighted by Gasteiger charge is -2.15. The highest BCUT2D eigenvalue weighted by Gasteiger charge is 2.17. The van der Waals surface area contributed by atoms with Crippen LogP contribution in [0.2, 0.25) is 0 Å². The van der Waals surface area contributed by atoms with Crippen LogP contribution in [0.15, 0.2) is 24.3 Å². The maximum Gasteiger partial charge on any atom is 0.204 e. The van der Waals surface area contributed by atoms with Crippen LogP contribution in [0.5, 0.6) is 0 Å². The Morgan fingerprint density at radius 2 is 1.61 bits per heavy atom. The largest absolute Gasteiger partial charge is 0.412 e. The fraction of sp³-hybridized carbons (Fsp3) is 0.364. The van der Waals surface area contributed by atoms with E-state index in [-0.39, 0.29) is 16.5 Å². The lowest BCUT2D eigenvalue weighted by molar-refractivity contribution is 0.306. The molecule has 2 rings (SSSR count). The van der Waals surface area contributed by atoms with Gasteiger partial charge in [-0.15, -0.1) is 10.2 Å². The first kappa shape index (κ1) is 16.3. The summed E-state index contributed by atoms with van der Waals surface area (Å²) in [5.74, 6) is 0.620. The van der Waals surface area contributed by atoms with Gasteiger partial charge in [0.15, 0.2) is 0 Å². The number of aromatic nitrogens is 4. The molecule has 1 aromatic heterocycles. The SMILES string of the molecule is O.O.[B]c1ccc(-c2nnn(C(C)(C)C)n2)cc1. The fourth-order valence-corrected chi connectivity index (χ4v) is 1.25. The van der Waals surface area contributed by atoms with Gasteiger partial charge in [-0.1, -0.05) is 29.7 Å². The van der Waals surface area contributed by atoms with Crippen molar-refractivity contribution in [3.05, 3.63) is 24.3 Å². The third-order valence-electron chi connectivity index (χ3n) is 2.18. The van der Waals surface area contributed by atoms with E-state index in [2.05, 4.69) is 15.4 Å². The summed E-state index contributed by atoms with van der Waals surface area (Å²) in [5, 5.41) is 12.4. The average molecular weight is 248 g/mol. The Bertz CT molecular complexity index is 490. The van der Waals surface area contributed by atoms with E-state index < -0.39 is 0 Å². The van der Waals surface area contributed by atoms with E-state index in [1.54, 1.807) is 4.80 Å². The lowest BCUT2D eigenvalue weighted by atomic mass is 9.95. The van der Waals surface area contributed by atoms with Crippen LogP contribution in [0.25, 0.3) is 11.4 Å². The van der Waals surface area contributed by atoms with Gasteiger partial charge in [-0.05, 0) is 26.0 Å². The van der Waals surface area contributed by atoms with Crippen LogP contribution in [-0.2, 0) is 5.54 Å². The summed E-state index contributed by atoms with van der Waals surface area (Å²) in [6.07, 6.45) is 0. The highest BCUT2D eigenvalue weighted by Crippen LogP contribution is 2.15. The molecule has 6 nitrogen and oxygen atoms in total. The molecule has 96 valence electrons. The van der Waals surface area contributed by atoms with Crippen molar-refractivity contribution in [1.82, 2.24) is 20.2 Å². The van der Waals surface area contributed by atoms with Gasteiger partial charge >= 0.3 is 0 Å². The minimum atomic E-state index is -0.154. The van der Waals surface area contributed by atoms with Crippen LogP contribution in [0.4, 0.5) is 0 Å². The van der Waals surface area contributed by atoms with Crippen molar-refractivity contribution >= 4 is 13.3 Å². The maximum atomic E-state index is 5.62. The molecule has 0 aliphatic carbocycles. The normalized spacial score (nSPS) is 10.4. The van der Waals surface area contributed by atoms with Crippen LogP contribution in [0.1, 0.15) is 20.8 Å². The van der Waals surface area contributed by atoms with Gasteiger partial charge in [-0.2, -0.15) is 4.80 Å². The second-order valence-corrected chi connectivity index (χ2v) is 4.70. The molecule has 0 aliphatic rings. The van der Waals surface area contributed by atoms with E-state index >= 15 is 0 Å². The molecule has 0 bridgehead atoms. The van der Waals surface area contributed by atoms with Gasteiger partial charge in [-0.25, -0.2) is 0 Å². The van der Waals surface area contributed by atoms with Crippen LogP contribution in [0.3, 0.4) is 0 Å². The van der Waals surface area contributed by atoms with E-state index in [1.807, 2.05) is 45.0 Å². The van der Waals surface area contributed by atoms with Crippen molar-refractivity contribution < 1.29 is 11.0 Å². The molecule has 0 spiro atoms. The van der Waals surface area contributed by atoms with Crippen molar-refractivity contribution in [2.24, 2.45) is 0 Å². The average Bonchev–Trinajstić information content (AvgIpc) is 2.67. The van der Waals surface area contributed by atoms with Gasteiger partial charge in [0.05, 0.1) is 5.54 Å². The number of hydrogen-bond acceptors (Lipinski definition) is 3. The second-order valence-electron chi connectivity index (χ2n) is 4.70. The summed E-state index contributed by atoms with van der Waals surface area (Å²) in [6, 6.07) is 7.43. The molecule has 1 aromatic carbocycles. The summed E-state index contributed by atoms with van der Waals surface area (Å²) in [4.78, 5) is 1.61. The number of hydrogen-bond donors (Lipinski definition) is 0. The minimum absolute atomic E-state index is 0. The predicted octanol–water partition coefficient (Wildman–Crippen LogP) is -0.761. The molecule has 0 atom stereocenters. The highest BCUT2D eigenvalue weighted by atomic mass is 16.0. The monoisotopic (exact) mass is 248 g/mol. The van der Waals surface area contributed by atoms with Crippen molar-refractivity contribution in [3.63, 3.8) is 0 Å². The molecule has 1 heterocycles. The molecule has 0 amide bonds. The van der Waals surface area contributed by atoms with E-state index in [0.29, 0.717) is 5.82 Å². The van der Waals surface area contributed by atoms with Gasteiger partial charge in [0.1, 0.15) is 7.85 Å². The second kappa shape index (κ2) is 5.75. The van der Waals surface area contributed by atoms with Crippen LogP contribution >= 0.6 is 0 Å². The third-order valence-corrected chi connectivity index (χ3v) is 2.18. The smallest absolute Gasteiger partial charge is 0.204 e. The Labute approximate surface area is 107 Å². The Hall–Kier alpha value is -1.73. The van der Waals surface area contributed by atoms with Crippen LogP contribution in [0, 0.1) is 0 Å². The minimum Gasteiger partial charge on any atom is -0.412 e. The number of nitrogens with zero attached hydrogens (tertiary/aromatic N) is 4. The summed E-state index contributed by atoms with van der Waals surface area (Å²) in [6.45, 7) is 6.09. The van der Waals surface area contributed by atoms with Gasteiger partial charge in [0, 0.05) is 5.56 Å². The fourth-order valence-electron chi connectivity index (χ4n) is 1.25. The summed E-state index contributed by atoms with van der Waals surface area (Å²) in [5.41, 5.74) is 1.50. The van der Waals surface area contributed by atoms with Gasteiger partial charge in [0.2, 0.25) is 5.82 Å². The molecule has 0 fully saturated rings. The topological polar surface area (TPSA) is 107 Å². The van der Waals surface area contributed by atoms with Gasteiger partial charge in [-0.3, -0.25) is 0 Å². The molecule has 0 saturated carbocycles. The number of benzene rings is 1. The van der Waals surface area contributed by atoms with Crippen molar-refractivity contribution in [2.75, 3.05) is 0 Å². The Morgan fingerprint density at radius 3 is 2.06 bits per heavy atom. The van der Waals surface area contributed by atoms with Crippen molar-refractivity contribution in [3.8, 4) is 11.4 Å². The summed E-state index contributed by atoms with van der Waals surface area (Å²) >= 11 is 0. The van der Waals surface area contributed by atoms with E-state index in [9.17, 15) is 0 Å². The quantitative estimate of drug-likeness (QED) is 0.619. The first-order valence-electron chi connectivity index (χ1n) is 5.13. The zero-order valence-corrected chi connectivity index (χ0v) is 10.7. The zero-order valence-electron chi connectivity index (χ0n) is 10.7. The van der Waals surface area contributed by atoms with Gasteiger partial charge < -0.3 is 11.0 Å². The van der Waals surface area contributed by atoms with E-state index in [1.165, 1.54) is 0 Å². The third kappa shape index (κ3) is 3.38. The summed E-state index contributed by atoms with van der Waals surface area (Å²) < 4.78 is 0. The maximum absolute atomic E-state index is 5.62. The Morgan fingerprint density at radius 1 is 1.06 bits per heavy atom. The molecule has 0 unspecified atom stereocenters. The Kier molecular flexibility index (Phi) is 5.20. The molecule has 2 radical (unpaired) electrons. The molecule has 0 aliphatic heterocycles. The molecular weight excluding hydrogens is 231 g/mol. The first-order valence-corrected chi connectivity index (χ1v) is 5.13.